The van der Waals surface area contributed by atoms with Gasteiger partial charge in [-0.3, -0.25) is 4.79 Å². The van der Waals surface area contributed by atoms with Crippen molar-refractivity contribution in [2.75, 3.05) is 6.61 Å². The summed E-state index contributed by atoms with van der Waals surface area (Å²) in [6.45, 7) is 4.55. The number of carbonyl (C=O) groups excluding carboxylic acids is 2. The van der Waals surface area contributed by atoms with Crippen LogP contribution in [0.4, 0.5) is 4.79 Å². The molecule has 10 nitrogen and oxygen atoms in total. The van der Waals surface area contributed by atoms with Crippen LogP contribution >= 0.6 is 0 Å². The fourth-order valence-corrected chi connectivity index (χ4v) is 2.01. The number of carboxylic acids is 1. The van der Waals surface area contributed by atoms with Gasteiger partial charge < -0.3 is 36.0 Å². The van der Waals surface area contributed by atoms with Gasteiger partial charge in [0.05, 0.1) is 0 Å². The molecule has 10 heteroatoms. The topological polar surface area (TPSA) is 188 Å². The van der Waals surface area contributed by atoms with Crippen LogP contribution < -0.4 is 5.73 Å². The SMILES string of the molecule is C=C(C)C(=O)[C@](O)([C@H](O)[C@H](O)COC(N)=O)[C@](O)(CC)C(=O)O. The molecule has 0 aromatic carbocycles. The van der Waals surface area contributed by atoms with Crippen LogP contribution in [0.25, 0.3) is 0 Å². The minimum Gasteiger partial charge on any atom is -0.479 e. The molecule has 4 atom stereocenters. The Morgan fingerprint density at radius 3 is 2.04 bits per heavy atom. The molecule has 0 aliphatic carbocycles. The molecule has 0 aromatic heterocycles. The quantitative estimate of drug-likeness (QED) is 0.257. The molecule has 0 unspecified atom stereocenters. The van der Waals surface area contributed by atoms with Crippen molar-refractivity contribution < 1.29 is 44.7 Å². The fourth-order valence-electron chi connectivity index (χ4n) is 2.01. The van der Waals surface area contributed by atoms with E-state index in [1.165, 1.54) is 0 Å². The number of carboxylic acid groups (broad SMARTS) is 1. The van der Waals surface area contributed by atoms with Crippen LogP contribution in [0.15, 0.2) is 12.2 Å². The first-order valence-corrected chi connectivity index (χ1v) is 6.53. The Morgan fingerprint density at radius 1 is 1.26 bits per heavy atom. The van der Waals surface area contributed by atoms with E-state index >= 15 is 0 Å². The van der Waals surface area contributed by atoms with E-state index in [9.17, 15) is 34.8 Å². The molecule has 0 saturated heterocycles. The van der Waals surface area contributed by atoms with Gasteiger partial charge in [0.25, 0.3) is 0 Å². The molecule has 0 spiro atoms. The Hall–Kier alpha value is -2.01. The summed E-state index contributed by atoms with van der Waals surface area (Å²) < 4.78 is 4.22. The number of aliphatic carboxylic acids is 1. The standard InChI is InChI=1S/C13H21NO9/c1-4-12(21,10(18)19)13(22,8(16)6(2)3)9(17)7(15)5-23-11(14)20/h7,9,15,17,21-22H,2,4-5H2,1,3H3,(H2,14,20)(H,18,19)/t7-,9-,12+,13+/m1/s1. The number of carbonyl (C=O) groups is 3. The minimum absolute atomic E-state index is 0.373. The molecule has 0 saturated carbocycles. The Labute approximate surface area is 131 Å². The van der Waals surface area contributed by atoms with Crippen molar-refractivity contribution in [2.24, 2.45) is 5.73 Å². The maximum atomic E-state index is 12.2. The highest BCUT2D eigenvalue weighted by atomic mass is 16.6. The summed E-state index contributed by atoms with van der Waals surface area (Å²) in [5.41, 5.74) is -2.16. The third-order valence-corrected chi connectivity index (χ3v) is 3.42. The summed E-state index contributed by atoms with van der Waals surface area (Å²) >= 11 is 0. The summed E-state index contributed by atoms with van der Waals surface area (Å²) in [6, 6.07) is 0. The first-order chi connectivity index (χ1) is 10.4. The van der Waals surface area contributed by atoms with Crippen LogP contribution in [-0.4, -0.2) is 73.4 Å². The van der Waals surface area contributed by atoms with E-state index in [0.717, 1.165) is 13.8 Å². The molecule has 132 valence electrons. The molecular formula is C13H21NO9. The van der Waals surface area contributed by atoms with E-state index in [1.54, 1.807) is 0 Å². The predicted molar refractivity (Wildman–Crippen MR) is 75.2 cm³/mol. The van der Waals surface area contributed by atoms with Gasteiger partial charge in [-0.15, -0.1) is 0 Å². The number of hydrogen-bond donors (Lipinski definition) is 6. The first kappa shape index (κ1) is 21.0. The average Bonchev–Trinajstić information content (AvgIpc) is 2.48. The minimum atomic E-state index is -3.33. The summed E-state index contributed by atoms with van der Waals surface area (Å²) in [7, 11) is 0. The van der Waals surface area contributed by atoms with Gasteiger partial charge in [0.2, 0.25) is 5.60 Å². The van der Waals surface area contributed by atoms with Crippen LogP contribution in [0.3, 0.4) is 0 Å². The van der Waals surface area contributed by atoms with E-state index < -0.39 is 54.3 Å². The van der Waals surface area contributed by atoms with E-state index in [2.05, 4.69) is 17.0 Å². The van der Waals surface area contributed by atoms with Crippen molar-refractivity contribution in [3.8, 4) is 0 Å². The summed E-state index contributed by atoms with van der Waals surface area (Å²) in [5, 5.41) is 49.7. The summed E-state index contributed by atoms with van der Waals surface area (Å²) in [6.07, 6.45) is -6.60. The van der Waals surface area contributed by atoms with Crippen molar-refractivity contribution >= 4 is 17.8 Å². The molecule has 0 aliphatic rings. The maximum Gasteiger partial charge on any atom is 0.404 e. The largest absolute Gasteiger partial charge is 0.479 e. The Bertz CT molecular complexity index is 506. The molecule has 0 heterocycles. The highest BCUT2D eigenvalue weighted by Crippen LogP contribution is 2.34. The van der Waals surface area contributed by atoms with E-state index in [4.69, 9.17) is 5.11 Å². The average molecular weight is 335 g/mol. The highest BCUT2D eigenvalue weighted by molar-refractivity contribution is 6.05. The number of aliphatic hydroxyl groups excluding tert-OH is 2. The number of ether oxygens (including phenoxy) is 1. The first-order valence-electron chi connectivity index (χ1n) is 6.53. The second kappa shape index (κ2) is 7.51. The molecule has 0 aliphatic heterocycles. The van der Waals surface area contributed by atoms with Crippen LogP contribution in [0.5, 0.6) is 0 Å². The lowest BCUT2D eigenvalue weighted by atomic mass is 9.71. The zero-order valence-corrected chi connectivity index (χ0v) is 12.7. The van der Waals surface area contributed by atoms with Gasteiger partial charge in [-0.1, -0.05) is 13.5 Å². The molecule has 1 amide bonds. The van der Waals surface area contributed by atoms with Gasteiger partial charge >= 0.3 is 12.1 Å². The number of ketones is 1. The van der Waals surface area contributed by atoms with Gasteiger partial charge in [0.15, 0.2) is 11.4 Å². The normalized spacial score (nSPS) is 18.9. The lowest BCUT2D eigenvalue weighted by molar-refractivity contribution is -0.228. The van der Waals surface area contributed by atoms with Gasteiger partial charge in [0, 0.05) is 0 Å². The van der Waals surface area contributed by atoms with Crippen molar-refractivity contribution in [3.05, 3.63) is 12.2 Å². The molecule has 0 bridgehead atoms. The third-order valence-electron chi connectivity index (χ3n) is 3.42. The van der Waals surface area contributed by atoms with Gasteiger partial charge in [-0.05, 0) is 18.9 Å². The van der Waals surface area contributed by atoms with E-state index in [-0.39, 0.29) is 5.57 Å². The number of hydrogen-bond acceptors (Lipinski definition) is 8. The molecule has 7 N–H and O–H groups in total. The smallest absolute Gasteiger partial charge is 0.404 e. The van der Waals surface area contributed by atoms with E-state index in [0.29, 0.717) is 0 Å². The Morgan fingerprint density at radius 2 is 1.74 bits per heavy atom. The van der Waals surface area contributed by atoms with Crippen LogP contribution in [0.2, 0.25) is 0 Å². The number of primary amides is 1. The van der Waals surface area contributed by atoms with Crippen molar-refractivity contribution in [1.29, 1.82) is 0 Å². The van der Waals surface area contributed by atoms with Crippen LogP contribution in [-0.2, 0) is 14.3 Å². The molecule has 0 rings (SSSR count). The zero-order valence-electron chi connectivity index (χ0n) is 12.7. The molecule has 23 heavy (non-hydrogen) atoms. The number of Topliss-reactive ketones (excluding diaryl/α,β-unsaturated/α-hetero) is 1. The second-order valence-corrected chi connectivity index (χ2v) is 5.04. The fraction of sp³-hybridized carbons (Fsp3) is 0.615. The van der Waals surface area contributed by atoms with Crippen molar-refractivity contribution in [2.45, 2.75) is 43.7 Å². The van der Waals surface area contributed by atoms with Crippen LogP contribution in [0, 0.1) is 0 Å². The molecule has 0 aromatic rings. The molecule has 0 radical (unpaired) electrons. The summed E-state index contributed by atoms with van der Waals surface area (Å²) in [4.78, 5) is 34.0. The van der Waals surface area contributed by atoms with Gasteiger partial charge in [-0.25, -0.2) is 9.59 Å². The maximum absolute atomic E-state index is 12.2. The van der Waals surface area contributed by atoms with Gasteiger partial charge in [-0.2, -0.15) is 0 Å². The van der Waals surface area contributed by atoms with Crippen LogP contribution in [0.1, 0.15) is 20.3 Å². The summed E-state index contributed by atoms with van der Waals surface area (Å²) in [5.74, 6) is -3.39. The Balaban J connectivity index is 5.97. The number of rotatable bonds is 9. The number of amides is 1. The van der Waals surface area contributed by atoms with E-state index in [1.807, 2.05) is 0 Å². The zero-order chi connectivity index (χ0) is 18.6. The van der Waals surface area contributed by atoms with Crippen molar-refractivity contribution in [1.82, 2.24) is 0 Å². The Kier molecular flexibility index (Phi) is 6.85. The highest BCUT2D eigenvalue weighted by Gasteiger charge is 2.64. The van der Waals surface area contributed by atoms with Gasteiger partial charge in [0.1, 0.15) is 18.8 Å². The van der Waals surface area contributed by atoms with Crippen molar-refractivity contribution in [3.63, 3.8) is 0 Å². The monoisotopic (exact) mass is 335 g/mol. The number of aliphatic hydroxyl groups is 4. The second-order valence-electron chi connectivity index (χ2n) is 5.04. The lowest BCUT2D eigenvalue weighted by Gasteiger charge is -2.43. The third kappa shape index (κ3) is 3.85. The number of nitrogens with two attached hydrogens (primary N) is 1. The predicted octanol–water partition coefficient (Wildman–Crippen LogP) is -2.09. The lowest BCUT2D eigenvalue weighted by Crippen LogP contribution is -2.71. The molecule has 0 fully saturated rings. The molecular weight excluding hydrogens is 314 g/mol.